The number of nitrogens with zero attached hydrogens (tertiary/aromatic N) is 2. The second-order valence-electron chi connectivity index (χ2n) is 11.6. The summed E-state index contributed by atoms with van der Waals surface area (Å²) in [6.45, 7) is 3.30. The minimum Gasteiger partial charge on any atom is -0.393 e. The van der Waals surface area contributed by atoms with Crippen LogP contribution in [0.15, 0.2) is 42.5 Å². The molecule has 2 aromatic carbocycles. The van der Waals surface area contributed by atoms with Crippen molar-refractivity contribution in [2.24, 2.45) is 5.92 Å². The zero-order valence-electron chi connectivity index (χ0n) is 23.0. The van der Waals surface area contributed by atoms with Crippen LogP contribution in [0.5, 0.6) is 0 Å². The fourth-order valence-corrected chi connectivity index (χ4v) is 6.61. The number of aliphatic hydroxyl groups excluding tert-OH is 1. The first kappa shape index (κ1) is 30.7. The number of amides is 1. The SMILES string of the molecule is C[C@@H](O[C@H]1CN2CCC(C(=O)N3CCC(O)CC3)C[C@H]2[C@@H]1c1ccc(F)cc1)c1cc(C(F)(F)F)cc(C(F)(F)F)c1. The third kappa shape index (κ3) is 6.60. The van der Waals surface area contributed by atoms with E-state index < -0.39 is 47.6 Å². The van der Waals surface area contributed by atoms with Gasteiger partial charge >= 0.3 is 12.4 Å². The Hall–Kier alpha value is -2.70. The van der Waals surface area contributed by atoms with E-state index >= 15 is 0 Å². The Morgan fingerprint density at radius 1 is 0.929 bits per heavy atom. The second-order valence-corrected chi connectivity index (χ2v) is 11.6. The second kappa shape index (κ2) is 11.8. The summed E-state index contributed by atoms with van der Waals surface area (Å²) in [6.07, 6.45) is -10.00. The van der Waals surface area contributed by atoms with Crippen LogP contribution in [0.25, 0.3) is 0 Å². The molecule has 1 amide bonds. The molecule has 3 aliphatic rings. The summed E-state index contributed by atoms with van der Waals surface area (Å²) < 4.78 is 101. The lowest BCUT2D eigenvalue weighted by molar-refractivity contribution is -0.143. The van der Waals surface area contributed by atoms with Gasteiger partial charge in [-0.15, -0.1) is 0 Å². The van der Waals surface area contributed by atoms with Gasteiger partial charge in [0.1, 0.15) is 5.82 Å². The van der Waals surface area contributed by atoms with Crippen molar-refractivity contribution in [3.63, 3.8) is 0 Å². The average Bonchev–Trinajstić information content (AvgIpc) is 3.29. The van der Waals surface area contributed by atoms with E-state index in [0.29, 0.717) is 64.0 Å². The number of likely N-dealkylation sites (tertiary alicyclic amines) is 1. The van der Waals surface area contributed by atoms with Crippen LogP contribution in [0.4, 0.5) is 30.7 Å². The maximum Gasteiger partial charge on any atom is 0.416 e. The van der Waals surface area contributed by atoms with Crippen LogP contribution in [0.3, 0.4) is 0 Å². The van der Waals surface area contributed by atoms with Crippen molar-refractivity contribution < 1.29 is 45.4 Å². The molecule has 0 radical (unpaired) electrons. The topological polar surface area (TPSA) is 53.0 Å². The molecule has 0 aliphatic carbocycles. The van der Waals surface area contributed by atoms with E-state index in [2.05, 4.69) is 4.90 Å². The van der Waals surface area contributed by atoms with Gasteiger partial charge in [-0.25, -0.2) is 4.39 Å². The number of halogens is 7. The predicted molar refractivity (Wildman–Crippen MR) is 139 cm³/mol. The molecule has 0 aromatic heterocycles. The zero-order chi connectivity index (χ0) is 30.4. The van der Waals surface area contributed by atoms with E-state index in [9.17, 15) is 40.6 Å². The Morgan fingerprint density at radius 2 is 1.52 bits per heavy atom. The Bertz CT molecular complexity index is 1230. The monoisotopic (exact) mass is 602 g/mol. The molecule has 0 bridgehead atoms. The van der Waals surface area contributed by atoms with Crippen LogP contribution in [-0.4, -0.2) is 65.2 Å². The summed E-state index contributed by atoms with van der Waals surface area (Å²) in [5, 5.41) is 9.82. The highest BCUT2D eigenvalue weighted by Crippen LogP contribution is 2.45. The van der Waals surface area contributed by atoms with Gasteiger partial charge in [0.2, 0.25) is 5.91 Å². The van der Waals surface area contributed by atoms with Crippen LogP contribution in [0, 0.1) is 11.7 Å². The van der Waals surface area contributed by atoms with Gasteiger partial charge in [0, 0.05) is 37.5 Å². The standard InChI is InChI=1S/C30H33F7N2O3/c1-17(20-12-21(29(32,33)34)15-22(13-20)30(35,36)37)42-26-16-39-9-6-19(28(41)38-10-7-24(40)8-11-38)14-25(39)27(26)18-2-4-23(31)5-3-18/h2-5,12-13,15,17,19,24-27,40H,6-11,14,16H2,1H3/t17-,19?,25+,26+,27+/m1/s1. The number of benzene rings is 2. The van der Waals surface area contributed by atoms with Crippen LogP contribution in [0.1, 0.15) is 66.9 Å². The van der Waals surface area contributed by atoms with Gasteiger partial charge in [0.25, 0.3) is 0 Å². The molecule has 3 heterocycles. The fourth-order valence-electron chi connectivity index (χ4n) is 6.61. The number of rotatable bonds is 5. The van der Waals surface area contributed by atoms with Crippen LogP contribution in [-0.2, 0) is 21.9 Å². The van der Waals surface area contributed by atoms with E-state index in [1.54, 1.807) is 17.0 Å². The summed E-state index contributed by atoms with van der Waals surface area (Å²) in [5.74, 6) is -1.11. The maximum atomic E-state index is 13.8. The molecule has 5 atom stereocenters. The number of carbonyl (C=O) groups is 1. The van der Waals surface area contributed by atoms with E-state index in [4.69, 9.17) is 4.74 Å². The summed E-state index contributed by atoms with van der Waals surface area (Å²) in [7, 11) is 0. The predicted octanol–water partition coefficient (Wildman–Crippen LogP) is 6.17. The molecule has 3 fully saturated rings. The molecule has 2 aromatic rings. The molecular weight excluding hydrogens is 569 g/mol. The van der Waals surface area contributed by atoms with Gasteiger partial charge in [-0.1, -0.05) is 12.1 Å². The highest BCUT2D eigenvalue weighted by atomic mass is 19.4. The molecule has 42 heavy (non-hydrogen) atoms. The molecule has 0 saturated carbocycles. The van der Waals surface area contributed by atoms with E-state index in [1.165, 1.54) is 19.1 Å². The lowest BCUT2D eigenvalue weighted by atomic mass is 9.81. The van der Waals surface area contributed by atoms with Gasteiger partial charge in [-0.3, -0.25) is 9.69 Å². The summed E-state index contributed by atoms with van der Waals surface area (Å²) in [4.78, 5) is 17.3. The first-order chi connectivity index (χ1) is 19.7. The zero-order valence-corrected chi connectivity index (χ0v) is 23.0. The average molecular weight is 603 g/mol. The number of carbonyl (C=O) groups excluding carboxylic acids is 1. The molecule has 5 nitrogen and oxygen atoms in total. The number of alkyl halides is 6. The minimum atomic E-state index is -4.98. The Kier molecular flexibility index (Phi) is 8.61. The third-order valence-corrected chi connectivity index (χ3v) is 8.83. The van der Waals surface area contributed by atoms with E-state index in [1.807, 2.05) is 0 Å². The highest BCUT2D eigenvalue weighted by molar-refractivity contribution is 5.79. The molecule has 12 heteroatoms. The first-order valence-corrected chi connectivity index (χ1v) is 14.1. The maximum absolute atomic E-state index is 13.8. The van der Waals surface area contributed by atoms with Crippen molar-refractivity contribution in [3.05, 3.63) is 70.5 Å². The van der Waals surface area contributed by atoms with Crippen molar-refractivity contribution >= 4 is 5.91 Å². The number of piperidine rings is 2. The Labute approximate surface area is 239 Å². The van der Waals surface area contributed by atoms with Crippen molar-refractivity contribution in [1.82, 2.24) is 9.80 Å². The summed E-state index contributed by atoms with van der Waals surface area (Å²) >= 11 is 0. The van der Waals surface area contributed by atoms with Gasteiger partial charge in [0.15, 0.2) is 0 Å². The van der Waals surface area contributed by atoms with Gasteiger partial charge in [-0.2, -0.15) is 26.3 Å². The molecule has 3 aliphatic heterocycles. The van der Waals surface area contributed by atoms with Crippen molar-refractivity contribution in [2.45, 2.75) is 75.2 Å². The molecule has 1 N–H and O–H groups in total. The van der Waals surface area contributed by atoms with Crippen LogP contribution in [0.2, 0.25) is 0 Å². The van der Waals surface area contributed by atoms with E-state index in [0.717, 1.165) is 5.56 Å². The van der Waals surface area contributed by atoms with E-state index in [-0.39, 0.29) is 35.4 Å². The number of hydrogen-bond donors (Lipinski definition) is 1. The Balaban J connectivity index is 1.40. The minimum absolute atomic E-state index is 0.0146. The molecule has 5 rings (SSSR count). The number of fused-ring (bicyclic) bond motifs is 1. The third-order valence-electron chi connectivity index (χ3n) is 8.83. The number of hydrogen-bond acceptors (Lipinski definition) is 4. The molecule has 230 valence electrons. The molecular formula is C30H33F7N2O3. The lowest BCUT2D eigenvalue weighted by Crippen LogP contribution is -2.48. The van der Waals surface area contributed by atoms with Gasteiger partial charge in [0.05, 0.1) is 29.4 Å². The highest BCUT2D eigenvalue weighted by Gasteiger charge is 2.48. The molecule has 0 spiro atoms. The van der Waals surface area contributed by atoms with Crippen molar-refractivity contribution in [3.8, 4) is 0 Å². The van der Waals surface area contributed by atoms with Crippen LogP contribution < -0.4 is 0 Å². The Morgan fingerprint density at radius 3 is 2.10 bits per heavy atom. The quantitative estimate of drug-likeness (QED) is 0.416. The van der Waals surface area contributed by atoms with Crippen molar-refractivity contribution in [2.75, 3.05) is 26.2 Å². The fraction of sp³-hybridized carbons (Fsp3) is 0.567. The molecule has 1 unspecified atom stereocenters. The normalized spacial score (nSPS) is 26.7. The lowest BCUT2D eigenvalue weighted by Gasteiger charge is -2.39. The van der Waals surface area contributed by atoms with Gasteiger partial charge < -0.3 is 14.7 Å². The van der Waals surface area contributed by atoms with Gasteiger partial charge in [-0.05, 0) is 80.6 Å². The summed E-state index contributed by atoms with van der Waals surface area (Å²) in [5.41, 5.74) is -2.35. The van der Waals surface area contributed by atoms with Crippen molar-refractivity contribution in [1.29, 1.82) is 0 Å². The number of ether oxygens (including phenoxy) is 1. The largest absolute Gasteiger partial charge is 0.416 e. The first-order valence-electron chi connectivity index (χ1n) is 14.1. The van der Waals surface area contributed by atoms with Crippen LogP contribution >= 0.6 is 0 Å². The molecule has 3 saturated heterocycles. The smallest absolute Gasteiger partial charge is 0.393 e. The number of aliphatic hydroxyl groups is 1. The summed E-state index contributed by atoms with van der Waals surface area (Å²) in [6, 6.07) is 7.06.